The van der Waals surface area contributed by atoms with E-state index in [1.807, 2.05) is 43.4 Å². The highest BCUT2D eigenvalue weighted by Crippen LogP contribution is 2.42. The Bertz CT molecular complexity index is 1140. The van der Waals surface area contributed by atoms with Crippen molar-refractivity contribution >= 4 is 23.5 Å². The number of allylic oxidation sites excluding steroid dienone is 1. The summed E-state index contributed by atoms with van der Waals surface area (Å²) in [5, 5.41) is 11.2. The lowest BCUT2D eigenvalue weighted by atomic mass is 9.99. The Morgan fingerprint density at radius 1 is 1.07 bits per heavy atom. The van der Waals surface area contributed by atoms with E-state index in [-0.39, 0.29) is 17.3 Å². The predicted octanol–water partition coefficient (Wildman–Crippen LogP) is 5.60. The fraction of sp³-hybridized carbons (Fsp3) is 0.160. The van der Waals surface area contributed by atoms with Crippen LogP contribution in [0.4, 0.5) is 0 Å². The van der Waals surface area contributed by atoms with Crippen LogP contribution in [0.3, 0.4) is 0 Å². The average Bonchev–Trinajstić information content (AvgIpc) is 3.04. The molecule has 0 aromatic heterocycles. The van der Waals surface area contributed by atoms with Gasteiger partial charge in [0.05, 0.1) is 11.1 Å². The van der Waals surface area contributed by atoms with E-state index in [2.05, 4.69) is 17.0 Å². The molecule has 1 heterocycles. The Hall–Kier alpha value is -3.08. The van der Waals surface area contributed by atoms with E-state index in [0.717, 1.165) is 0 Å². The first-order chi connectivity index (χ1) is 14.4. The number of aromatic hydroxyl groups is 1. The molecular formula is C25H22ClNO3. The lowest BCUT2D eigenvalue weighted by Gasteiger charge is -2.19. The predicted molar refractivity (Wildman–Crippen MR) is 119 cm³/mol. The van der Waals surface area contributed by atoms with Gasteiger partial charge in [0.2, 0.25) is 5.78 Å². The third-order valence-corrected chi connectivity index (χ3v) is 5.48. The molecule has 1 N–H and O–H groups in total. The summed E-state index contributed by atoms with van der Waals surface area (Å²) in [4.78, 5) is 15.1. The summed E-state index contributed by atoms with van der Waals surface area (Å²) < 4.78 is 5.99. The number of carbonyl (C=O) groups is 1. The lowest BCUT2D eigenvalue weighted by Crippen LogP contribution is -2.17. The second kappa shape index (κ2) is 8.34. The van der Waals surface area contributed by atoms with Crippen LogP contribution in [0.5, 0.6) is 11.5 Å². The van der Waals surface area contributed by atoms with Crippen LogP contribution in [0.1, 0.15) is 32.6 Å². The molecule has 0 amide bonds. The van der Waals surface area contributed by atoms with Gasteiger partial charge in [0.1, 0.15) is 11.5 Å². The minimum Gasteiger partial charge on any atom is -0.507 e. The summed E-state index contributed by atoms with van der Waals surface area (Å²) in [6.07, 6.45) is 1.65. The van der Waals surface area contributed by atoms with Crippen molar-refractivity contribution in [2.24, 2.45) is 0 Å². The van der Waals surface area contributed by atoms with Crippen LogP contribution >= 0.6 is 11.6 Å². The molecule has 0 unspecified atom stereocenters. The number of halogens is 1. The van der Waals surface area contributed by atoms with Gasteiger partial charge in [-0.05, 0) is 48.9 Å². The summed E-state index contributed by atoms with van der Waals surface area (Å²) in [5.41, 5.74) is 3.66. The molecule has 1 aliphatic heterocycles. The van der Waals surface area contributed by atoms with Gasteiger partial charge in [0.25, 0.3) is 0 Å². The number of carbonyl (C=O) groups excluding carboxylic acids is 1. The van der Waals surface area contributed by atoms with Crippen molar-refractivity contribution in [2.45, 2.75) is 20.0 Å². The van der Waals surface area contributed by atoms with Gasteiger partial charge in [-0.25, -0.2) is 0 Å². The largest absolute Gasteiger partial charge is 0.507 e. The number of aryl methyl sites for hydroxylation is 1. The third-order valence-electron chi connectivity index (χ3n) is 5.14. The SMILES string of the molecule is Cc1cc(O)c(CN(C)Cc2ccccc2)c2c1C(=O)/C(=C/c1ccccc1Cl)O2. The highest BCUT2D eigenvalue weighted by atomic mass is 35.5. The number of benzene rings is 3. The number of fused-ring (bicyclic) bond motifs is 1. The molecule has 0 fully saturated rings. The zero-order chi connectivity index (χ0) is 21.3. The maximum atomic E-state index is 13.0. The van der Waals surface area contributed by atoms with E-state index in [0.29, 0.717) is 46.1 Å². The second-order valence-corrected chi connectivity index (χ2v) is 7.92. The van der Waals surface area contributed by atoms with Crippen molar-refractivity contribution in [3.05, 3.63) is 99.3 Å². The van der Waals surface area contributed by atoms with E-state index in [9.17, 15) is 9.90 Å². The molecule has 0 saturated carbocycles. The highest BCUT2D eigenvalue weighted by Gasteiger charge is 2.33. The molecule has 3 aromatic carbocycles. The van der Waals surface area contributed by atoms with Gasteiger partial charge in [-0.2, -0.15) is 0 Å². The van der Waals surface area contributed by atoms with Gasteiger partial charge in [-0.1, -0.05) is 60.1 Å². The van der Waals surface area contributed by atoms with Crippen molar-refractivity contribution in [1.82, 2.24) is 4.90 Å². The fourth-order valence-corrected chi connectivity index (χ4v) is 3.88. The van der Waals surface area contributed by atoms with Crippen molar-refractivity contribution in [3.63, 3.8) is 0 Å². The van der Waals surface area contributed by atoms with Crippen LogP contribution in [0.15, 0.2) is 66.4 Å². The fourth-order valence-electron chi connectivity index (χ4n) is 3.69. The van der Waals surface area contributed by atoms with Crippen LogP contribution < -0.4 is 4.74 Å². The van der Waals surface area contributed by atoms with Gasteiger partial charge < -0.3 is 9.84 Å². The minimum atomic E-state index is -0.200. The van der Waals surface area contributed by atoms with Crippen molar-refractivity contribution in [2.75, 3.05) is 7.05 Å². The Kier molecular flexibility index (Phi) is 5.62. The summed E-state index contributed by atoms with van der Waals surface area (Å²) in [6.45, 7) is 2.95. The van der Waals surface area contributed by atoms with Crippen LogP contribution in [0.25, 0.3) is 6.08 Å². The number of phenolic OH excluding ortho intramolecular Hbond substituents is 1. The van der Waals surface area contributed by atoms with Crippen LogP contribution in [-0.2, 0) is 13.1 Å². The number of phenols is 1. The molecule has 0 saturated heterocycles. The number of ketones is 1. The number of rotatable bonds is 5. The maximum absolute atomic E-state index is 13.0. The van der Waals surface area contributed by atoms with Gasteiger partial charge in [0.15, 0.2) is 5.76 Å². The molecule has 4 rings (SSSR count). The monoisotopic (exact) mass is 419 g/mol. The molecule has 4 nitrogen and oxygen atoms in total. The number of hydrogen-bond donors (Lipinski definition) is 1. The Morgan fingerprint density at radius 3 is 2.50 bits per heavy atom. The van der Waals surface area contributed by atoms with Crippen LogP contribution in [0, 0.1) is 6.92 Å². The molecule has 3 aromatic rings. The summed E-state index contributed by atoms with van der Waals surface area (Å²) in [5.74, 6) is 0.557. The summed E-state index contributed by atoms with van der Waals surface area (Å²) >= 11 is 6.24. The maximum Gasteiger partial charge on any atom is 0.232 e. The molecule has 152 valence electrons. The molecule has 0 atom stereocenters. The van der Waals surface area contributed by atoms with Crippen molar-refractivity contribution in [3.8, 4) is 11.5 Å². The van der Waals surface area contributed by atoms with Crippen molar-refractivity contribution in [1.29, 1.82) is 0 Å². The minimum absolute atomic E-state index is 0.123. The Balaban J connectivity index is 1.66. The molecule has 0 aliphatic carbocycles. The van der Waals surface area contributed by atoms with Gasteiger partial charge >= 0.3 is 0 Å². The normalized spacial score (nSPS) is 14.3. The Morgan fingerprint density at radius 2 is 1.77 bits per heavy atom. The third kappa shape index (κ3) is 3.97. The summed E-state index contributed by atoms with van der Waals surface area (Å²) in [7, 11) is 1.97. The molecule has 0 spiro atoms. The molecule has 5 heteroatoms. The van der Waals surface area contributed by atoms with Crippen LogP contribution in [0.2, 0.25) is 5.02 Å². The van der Waals surface area contributed by atoms with Crippen molar-refractivity contribution < 1.29 is 14.6 Å². The smallest absolute Gasteiger partial charge is 0.232 e. The van der Waals surface area contributed by atoms with Gasteiger partial charge in [-0.3, -0.25) is 9.69 Å². The molecule has 0 radical (unpaired) electrons. The standard InChI is InChI=1S/C25H22ClNO3/c1-16-12-21(28)19(15-27(2)14-17-8-4-3-5-9-17)25-23(16)24(29)22(30-25)13-18-10-6-7-11-20(18)26/h3-13,28H,14-15H2,1-2H3/b22-13-. The van der Waals surface area contributed by atoms with E-state index >= 15 is 0 Å². The lowest BCUT2D eigenvalue weighted by molar-refractivity contribution is 0.101. The Labute approximate surface area is 181 Å². The van der Waals surface area contributed by atoms with Gasteiger partial charge in [-0.15, -0.1) is 0 Å². The molecule has 1 aliphatic rings. The first kappa shape index (κ1) is 20.2. The zero-order valence-electron chi connectivity index (χ0n) is 16.9. The van der Waals surface area contributed by atoms with Gasteiger partial charge in [0, 0.05) is 18.1 Å². The van der Waals surface area contributed by atoms with E-state index in [1.165, 1.54) is 5.56 Å². The number of Topliss-reactive ketones (excluding diaryl/α,β-unsaturated/α-hetero) is 1. The van der Waals surface area contributed by atoms with E-state index < -0.39 is 0 Å². The molecule has 30 heavy (non-hydrogen) atoms. The number of nitrogens with zero attached hydrogens (tertiary/aromatic N) is 1. The second-order valence-electron chi connectivity index (χ2n) is 7.51. The zero-order valence-corrected chi connectivity index (χ0v) is 17.6. The first-order valence-electron chi connectivity index (χ1n) is 9.70. The molecule has 0 bridgehead atoms. The number of hydrogen-bond acceptors (Lipinski definition) is 4. The van der Waals surface area contributed by atoms with E-state index in [4.69, 9.17) is 16.3 Å². The van der Waals surface area contributed by atoms with Crippen LogP contribution in [-0.4, -0.2) is 22.8 Å². The quantitative estimate of drug-likeness (QED) is 0.547. The van der Waals surface area contributed by atoms with E-state index in [1.54, 1.807) is 25.1 Å². The summed E-state index contributed by atoms with van der Waals surface area (Å²) in [6, 6.07) is 19.0. The topological polar surface area (TPSA) is 49.8 Å². The average molecular weight is 420 g/mol. The number of ether oxygens (including phenoxy) is 1. The highest BCUT2D eigenvalue weighted by molar-refractivity contribution is 6.32. The first-order valence-corrected chi connectivity index (χ1v) is 10.1. The molecular weight excluding hydrogens is 398 g/mol.